The quantitative estimate of drug-likeness (QED) is 0.818. The molecule has 15 heavy (non-hydrogen) atoms. The van der Waals surface area contributed by atoms with Gasteiger partial charge in [0, 0.05) is 24.7 Å². The number of nitrogens with zero attached hydrogens (tertiary/aromatic N) is 2. The van der Waals surface area contributed by atoms with Crippen LogP contribution in [0.15, 0.2) is 12.4 Å². The lowest BCUT2D eigenvalue weighted by Crippen LogP contribution is -2.14. The summed E-state index contributed by atoms with van der Waals surface area (Å²) in [5.41, 5.74) is 0. The lowest BCUT2D eigenvalue weighted by atomic mass is 10.0. The normalized spacial score (nSPS) is 12.4. The first-order valence-electron chi connectivity index (χ1n) is 4.78. The number of hydrogen-bond acceptors (Lipinski definition) is 3. The molecule has 0 saturated carbocycles. The maximum atomic E-state index is 11.0. The number of carbonyl (C=O) groups is 2. The fraction of sp³-hybridized carbons (Fsp3) is 0.500. The van der Waals surface area contributed by atoms with E-state index in [1.807, 2.05) is 6.92 Å². The summed E-state index contributed by atoms with van der Waals surface area (Å²) in [7, 11) is 0. The SMILES string of the molecule is CC(=O)C(C)CCc1nccn1C(=O)O. The van der Waals surface area contributed by atoms with E-state index in [0.29, 0.717) is 18.7 Å². The third kappa shape index (κ3) is 2.90. The van der Waals surface area contributed by atoms with Gasteiger partial charge in [-0.15, -0.1) is 0 Å². The Hall–Kier alpha value is -1.65. The second kappa shape index (κ2) is 4.72. The summed E-state index contributed by atoms with van der Waals surface area (Å²) in [6, 6.07) is 0. The van der Waals surface area contributed by atoms with Crippen LogP contribution in [-0.4, -0.2) is 26.5 Å². The zero-order valence-corrected chi connectivity index (χ0v) is 8.80. The van der Waals surface area contributed by atoms with E-state index in [-0.39, 0.29) is 11.7 Å². The molecule has 5 nitrogen and oxygen atoms in total. The van der Waals surface area contributed by atoms with E-state index < -0.39 is 6.09 Å². The van der Waals surface area contributed by atoms with Crippen molar-refractivity contribution in [2.45, 2.75) is 26.7 Å². The highest BCUT2D eigenvalue weighted by atomic mass is 16.4. The minimum atomic E-state index is -1.04. The Kier molecular flexibility index (Phi) is 3.60. The van der Waals surface area contributed by atoms with Crippen LogP contribution in [0.1, 0.15) is 26.1 Å². The molecule has 0 saturated heterocycles. The number of ketones is 1. The van der Waals surface area contributed by atoms with Gasteiger partial charge in [-0.25, -0.2) is 14.3 Å². The maximum Gasteiger partial charge on any atom is 0.416 e. The fourth-order valence-corrected chi connectivity index (χ4v) is 1.24. The Bertz CT molecular complexity index is 370. The molecule has 0 radical (unpaired) electrons. The third-order valence-corrected chi connectivity index (χ3v) is 2.42. The molecule has 0 aromatic carbocycles. The summed E-state index contributed by atoms with van der Waals surface area (Å²) in [5.74, 6) is 0.544. The number of imidazole rings is 1. The van der Waals surface area contributed by atoms with E-state index >= 15 is 0 Å². The lowest BCUT2D eigenvalue weighted by Gasteiger charge is -2.06. The summed E-state index contributed by atoms with van der Waals surface area (Å²) >= 11 is 0. The molecule has 1 atom stereocenters. The van der Waals surface area contributed by atoms with Crippen molar-refractivity contribution < 1.29 is 14.7 Å². The van der Waals surface area contributed by atoms with Gasteiger partial charge in [-0.1, -0.05) is 6.92 Å². The van der Waals surface area contributed by atoms with Crippen molar-refractivity contribution in [1.29, 1.82) is 0 Å². The van der Waals surface area contributed by atoms with E-state index in [1.54, 1.807) is 0 Å². The van der Waals surface area contributed by atoms with Gasteiger partial charge in [-0.2, -0.15) is 0 Å². The Morgan fingerprint density at radius 1 is 1.60 bits per heavy atom. The molecule has 0 fully saturated rings. The van der Waals surface area contributed by atoms with Gasteiger partial charge < -0.3 is 5.11 Å². The molecule has 0 bridgehead atoms. The van der Waals surface area contributed by atoms with Crippen molar-refractivity contribution in [3.63, 3.8) is 0 Å². The number of hydrogen-bond donors (Lipinski definition) is 1. The van der Waals surface area contributed by atoms with Crippen LogP contribution in [0.4, 0.5) is 4.79 Å². The minimum absolute atomic E-state index is 0.0519. The molecule has 1 aromatic heterocycles. The highest BCUT2D eigenvalue weighted by molar-refractivity contribution is 5.77. The van der Waals surface area contributed by atoms with Crippen molar-refractivity contribution in [1.82, 2.24) is 9.55 Å². The van der Waals surface area contributed by atoms with Crippen molar-refractivity contribution in [2.24, 2.45) is 5.92 Å². The molecule has 0 aliphatic rings. The van der Waals surface area contributed by atoms with E-state index in [1.165, 1.54) is 19.3 Å². The highest BCUT2D eigenvalue weighted by Crippen LogP contribution is 2.09. The summed E-state index contributed by atoms with van der Waals surface area (Å²) in [6.45, 7) is 3.37. The number of Topliss-reactive ketones (excluding diaryl/α,β-unsaturated/α-hetero) is 1. The first-order chi connectivity index (χ1) is 7.02. The molecule has 1 heterocycles. The zero-order chi connectivity index (χ0) is 11.4. The lowest BCUT2D eigenvalue weighted by molar-refractivity contribution is -0.120. The van der Waals surface area contributed by atoms with Crippen LogP contribution in [0.3, 0.4) is 0 Å². The summed E-state index contributed by atoms with van der Waals surface area (Å²) < 4.78 is 1.08. The number of carbonyl (C=O) groups excluding carboxylic acids is 1. The van der Waals surface area contributed by atoms with E-state index in [2.05, 4.69) is 4.98 Å². The topological polar surface area (TPSA) is 72.2 Å². The Morgan fingerprint density at radius 2 is 2.27 bits per heavy atom. The first-order valence-corrected chi connectivity index (χ1v) is 4.78. The van der Waals surface area contributed by atoms with E-state index in [9.17, 15) is 9.59 Å². The molecule has 0 aliphatic carbocycles. The standard InChI is InChI=1S/C10H14N2O3/c1-7(8(2)13)3-4-9-11-5-6-12(9)10(14)15/h5-7H,3-4H2,1-2H3,(H,14,15). The summed E-state index contributed by atoms with van der Waals surface area (Å²) in [6.07, 6.45) is 2.93. The third-order valence-electron chi connectivity index (χ3n) is 2.42. The molecule has 1 unspecified atom stereocenters. The molecule has 0 amide bonds. The molecule has 1 rings (SSSR count). The van der Waals surface area contributed by atoms with Gasteiger partial charge in [-0.3, -0.25) is 4.79 Å². The van der Waals surface area contributed by atoms with E-state index in [4.69, 9.17) is 5.11 Å². The van der Waals surface area contributed by atoms with Crippen molar-refractivity contribution >= 4 is 11.9 Å². The summed E-state index contributed by atoms with van der Waals surface area (Å²) in [4.78, 5) is 25.6. The van der Waals surface area contributed by atoms with Crippen LogP contribution in [0.2, 0.25) is 0 Å². The average molecular weight is 210 g/mol. The van der Waals surface area contributed by atoms with Gasteiger partial charge >= 0.3 is 6.09 Å². The van der Waals surface area contributed by atoms with Crippen LogP contribution < -0.4 is 0 Å². The van der Waals surface area contributed by atoms with Gasteiger partial charge in [-0.05, 0) is 13.3 Å². The van der Waals surface area contributed by atoms with Crippen LogP contribution >= 0.6 is 0 Å². The van der Waals surface area contributed by atoms with Gasteiger partial charge in [0.05, 0.1) is 0 Å². The number of aryl methyl sites for hydroxylation is 1. The van der Waals surface area contributed by atoms with Crippen molar-refractivity contribution in [3.05, 3.63) is 18.2 Å². The average Bonchev–Trinajstić information content (AvgIpc) is 2.61. The summed E-state index contributed by atoms with van der Waals surface area (Å²) in [5, 5.41) is 8.78. The zero-order valence-electron chi connectivity index (χ0n) is 8.80. The van der Waals surface area contributed by atoms with Crippen LogP contribution in [0.5, 0.6) is 0 Å². The van der Waals surface area contributed by atoms with Gasteiger partial charge in [0.2, 0.25) is 0 Å². The monoisotopic (exact) mass is 210 g/mol. The second-order valence-corrected chi connectivity index (χ2v) is 3.55. The van der Waals surface area contributed by atoms with Gasteiger partial charge in [0.25, 0.3) is 0 Å². The first kappa shape index (κ1) is 11.4. The molecule has 0 aliphatic heterocycles. The second-order valence-electron chi connectivity index (χ2n) is 3.55. The Labute approximate surface area is 87.7 Å². The minimum Gasteiger partial charge on any atom is -0.464 e. The predicted octanol–water partition coefficient (Wildman–Crippen LogP) is 1.57. The van der Waals surface area contributed by atoms with Crippen LogP contribution in [0.25, 0.3) is 0 Å². The predicted molar refractivity (Wildman–Crippen MR) is 53.8 cm³/mol. The fourth-order valence-electron chi connectivity index (χ4n) is 1.24. The van der Waals surface area contributed by atoms with Crippen LogP contribution in [0, 0.1) is 5.92 Å². The number of rotatable bonds is 4. The highest BCUT2D eigenvalue weighted by Gasteiger charge is 2.12. The molecule has 5 heteroatoms. The molecule has 82 valence electrons. The van der Waals surface area contributed by atoms with Crippen molar-refractivity contribution in [2.75, 3.05) is 0 Å². The molecule has 1 aromatic rings. The maximum absolute atomic E-state index is 11.0. The Balaban J connectivity index is 2.61. The van der Waals surface area contributed by atoms with Gasteiger partial charge in [0.15, 0.2) is 0 Å². The van der Waals surface area contributed by atoms with Crippen molar-refractivity contribution in [3.8, 4) is 0 Å². The number of carboxylic acid groups (broad SMARTS) is 1. The molecular weight excluding hydrogens is 196 g/mol. The molecule has 1 N–H and O–H groups in total. The smallest absolute Gasteiger partial charge is 0.416 e. The molecule has 0 spiro atoms. The Morgan fingerprint density at radius 3 is 2.80 bits per heavy atom. The largest absolute Gasteiger partial charge is 0.464 e. The van der Waals surface area contributed by atoms with Crippen LogP contribution in [-0.2, 0) is 11.2 Å². The van der Waals surface area contributed by atoms with Gasteiger partial charge in [0.1, 0.15) is 11.6 Å². The molecular formula is C10H14N2O3. The van der Waals surface area contributed by atoms with E-state index in [0.717, 1.165) is 4.57 Å². The number of aromatic nitrogens is 2.